The summed E-state index contributed by atoms with van der Waals surface area (Å²) in [5.41, 5.74) is -0.525. The third kappa shape index (κ3) is 3.66. The summed E-state index contributed by atoms with van der Waals surface area (Å²) in [6.45, 7) is 6.56. The van der Waals surface area contributed by atoms with Crippen molar-refractivity contribution in [3.8, 4) is 0 Å². The molecule has 0 aromatic heterocycles. The van der Waals surface area contributed by atoms with Gasteiger partial charge in [0.2, 0.25) is 0 Å². The van der Waals surface area contributed by atoms with Gasteiger partial charge in [0.25, 0.3) is 0 Å². The van der Waals surface area contributed by atoms with Crippen LogP contribution >= 0.6 is 0 Å². The summed E-state index contributed by atoms with van der Waals surface area (Å²) in [5, 5.41) is 3.04. The van der Waals surface area contributed by atoms with Crippen molar-refractivity contribution in [2.75, 3.05) is 26.3 Å². The van der Waals surface area contributed by atoms with E-state index in [0.29, 0.717) is 19.6 Å². The maximum atomic E-state index is 12.6. The molecular weight excluding hydrogens is 199 g/mol. The van der Waals surface area contributed by atoms with Crippen LogP contribution in [0.3, 0.4) is 0 Å². The quantitative estimate of drug-likeness (QED) is 0.718. The van der Waals surface area contributed by atoms with Crippen LogP contribution in [0.2, 0.25) is 0 Å². The van der Waals surface area contributed by atoms with Crippen LogP contribution in [0.1, 0.15) is 20.8 Å². The number of nitrogens with one attached hydrogen (secondary N) is 1. The Morgan fingerprint density at radius 1 is 1.60 bits per heavy atom. The number of carbonyl (C=O) groups is 1. The molecule has 5 heteroatoms. The lowest BCUT2D eigenvalue weighted by molar-refractivity contribution is 0.00927. The highest BCUT2D eigenvalue weighted by atomic mass is 19.1. The first kappa shape index (κ1) is 12.2. The predicted octanol–water partition coefficient (Wildman–Crippen LogP) is 1.16. The maximum Gasteiger partial charge on any atom is 0.410 e. The maximum absolute atomic E-state index is 12.6. The first-order valence-electron chi connectivity index (χ1n) is 5.20. The fraction of sp³-hybridized carbons (Fsp3) is 0.900. The van der Waals surface area contributed by atoms with Crippen LogP contribution in [-0.2, 0) is 4.74 Å². The Kier molecular flexibility index (Phi) is 3.90. The van der Waals surface area contributed by atoms with E-state index < -0.39 is 24.4 Å². The normalized spacial score (nSPS) is 22.7. The van der Waals surface area contributed by atoms with E-state index in [1.807, 2.05) is 0 Å². The molecule has 1 saturated heterocycles. The number of amides is 1. The zero-order chi connectivity index (χ0) is 11.5. The molecule has 1 amide bonds. The van der Waals surface area contributed by atoms with E-state index in [0.717, 1.165) is 0 Å². The smallest absolute Gasteiger partial charge is 0.410 e. The molecule has 1 aliphatic heterocycles. The highest BCUT2D eigenvalue weighted by Crippen LogP contribution is 2.13. The molecule has 0 radical (unpaired) electrons. The lowest BCUT2D eigenvalue weighted by atomic mass is 10.2. The first-order chi connectivity index (χ1) is 6.94. The van der Waals surface area contributed by atoms with Gasteiger partial charge in [-0.1, -0.05) is 0 Å². The second kappa shape index (κ2) is 4.79. The summed E-state index contributed by atoms with van der Waals surface area (Å²) < 4.78 is 17.8. The third-order valence-corrected chi connectivity index (χ3v) is 2.16. The van der Waals surface area contributed by atoms with Gasteiger partial charge in [0, 0.05) is 19.6 Å². The van der Waals surface area contributed by atoms with Crippen molar-refractivity contribution in [1.82, 2.24) is 10.2 Å². The van der Waals surface area contributed by atoms with Crippen molar-refractivity contribution in [3.63, 3.8) is 0 Å². The molecule has 0 aliphatic carbocycles. The second-order valence-corrected chi connectivity index (χ2v) is 4.69. The number of piperazine rings is 1. The summed E-state index contributed by atoms with van der Waals surface area (Å²) in [7, 11) is 0. The van der Waals surface area contributed by atoms with Crippen LogP contribution in [0.4, 0.5) is 9.18 Å². The summed E-state index contributed by atoms with van der Waals surface area (Å²) in [5.74, 6) is 0. The number of rotatable bonds is 1. The SMILES string of the molecule is CC(C)(C)OC(=O)N1CCNC[C@H]1CF. The molecule has 4 nitrogen and oxygen atoms in total. The van der Waals surface area contributed by atoms with E-state index in [-0.39, 0.29) is 0 Å². The van der Waals surface area contributed by atoms with Crippen LogP contribution in [0.15, 0.2) is 0 Å². The van der Waals surface area contributed by atoms with Gasteiger partial charge in [0.1, 0.15) is 12.3 Å². The molecule has 1 atom stereocenters. The third-order valence-electron chi connectivity index (χ3n) is 2.16. The predicted molar refractivity (Wildman–Crippen MR) is 55.6 cm³/mol. The summed E-state index contributed by atoms with van der Waals surface area (Å²) in [6.07, 6.45) is -0.424. The van der Waals surface area contributed by atoms with Crippen molar-refractivity contribution >= 4 is 6.09 Å². The van der Waals surface area contributed by atoms with Crippen LogP contribution in [0, 0.1) is 0 Å². The number of carbonyl (C=O) groups excluding carboxylic acids is 1. The Hall–Kier alpha value is -0.840. The molecule has 1 rings (SSSR count). The van der Waals surface area contributed by atoms with Crippen molar-refractivity contribution in [2.45, 2.75) is 32.4 Å². The van der Waals surface area contributed by atoms with Crippen LogP contribution in [-0.4, -0.2) is 48.9 Å². The lowest BCUT2D eigenvalue weighted by Crippen LogP contribution is -2.55. The highest BCUT2D eigenvalue weighted by molar-refractivity contribution is 5.68. The number of nitrogens with zero attached hydrogens (tertiary/aromatic N) is 1. The Morgan fingerprint density at radius 3 is 2.80 bits per heavy atom. The number of halogens is 1. The molecule has 88 valence electrons. The van der Waals surface area contributed by atoms with Gasteiger partial charge in [-0.3, -0.25) is 0 Å². The zero-order valence-corrected chi connectivity index (χ0v) is 9.55. The van der Waals surface area contributed by atoms with Gasteiger partial charge in [0.15, 0.2) is 0 Å². The second-order valence-electron chi connectivity index (χ2n) is 4.69. The molecule has 0 aromatic rings. The Labute approximate surface area is 89.8 Å². The molecule has 0 saturated carbocycles. The van der Waals surface area contributed by atoms with Gasteiger partial charge in [-0.05, 0) is 20.8 Å². The average Bonchev–Trinajstić information content (AvgIpc) is 2.15. The summed E-state index contributed by atoms with van der Waals surface area (Å²) in [6, 6.07) is -0.395. The van der Waals surface area contributed by atoms with Crippen LogP contribution in [0.5, 0.6) is 0 Å². The summed E-state index contributed by atoms with van der Waals surface area (Å²) >= 11 is 0. The molecule has 0 aromatic carbocycles. The van der Waals surface area contributed by atoms with Crippen molar-refractivity contribution < 1.29 is 13.9 Å². The molecular formula is C10H19FN2O2. The van der Waals surface area contributed by atoms with Crippen molar-refractivity contribution in [2.24, 2.45) is 0 Å². The molecule has 1 N–H and O–H groups in total. The number of hydrogen-bond donors (Lipinski definition) is 1. The monoisotopic (exact) mass is 218 g/mol. The molecule has 0 spiro atoms. The van der Waals surface area contributed by atoms with Crippen molar-refractivity contribution in [3.05, 3.63) is 0 Å². The van der Waals surface area contributed by atoms with Crippen LogP contribution < -0.4 is 5.32 Å². The fourth-order valence-corrected chi connectivity index (χ4v) is 1.46. The van der Waals surface area contributed by atoms with E-state index >= 15 is 0 Å². The van der Waals surface area contributed by atoms with E-state index in [1.54, 1.807) is 20.8 Å². The molecule has 1 fully saturated rings. The minimum Gasteiger partial charge on any atom is -0.444 e. The fourth-order valence-electron chi connectivity index (χ4n) is 1.46. The van der Waals surface area contributed by atoms with Gasteiger partial charge in [0.05, 0.1) is 6.04 Å². The van der Waals surface area contributed by atoms with Gasteiger partial charge < -0.3 is 15.0 Å². The highest BCUT2D eigenvalue weighted by Gasteiger charge is 2.30. The molecule has 15 heavy (non-hydrogen) atoms. The minimum absolute atomic E-state index is 0.395. The molecule has 1 aliphatic rings. The molecule has 1 heterocycles. The average molecular weight is 218 g/mol. The number of hydrogen-bond acceptors (Lipinski definition) is 3. The largest absolute Gasteiger partial charge is 0.444 e. The lowest BCUT2D eigenvalue weighted by Gasteiger charge is -2.35. The van der Waals surface area contributed by atoms with E-state index in [9.17, 15) is 9.18 Å². The van der Waals surface area contributed by atoms with Gasteiger partial charge in [-0.2, -0.15) is 0 Å². The topological polar surface area (TPSA) is 41.6 Å². The molecule has 0 unspecified atom stereocenters. The zero-order valence-electron chi connectivity index (χ0n) is 9.55. The van der Waals surface area contributed by atoms with Gasteiger partial charge in [-0.15, -0.1) is 0 Å². The Balaban J connectivity index is 2.56. The standard InChI is InChI=1S/C10H19FN2O2/c1-10(2,3)15-9(14)13-5-4-12-7-8(13)6-11/h8,12H,4-7H2,1-3H3/t8-/m1/s1. The number of ether oxygens (including phenoxy) is 1. The van der Waals surface area contributed by atoms with Crippen molar-refractivity contribution in [1.29, 1.82) is 0 Å². The van der Waals surface area contributed by atoms with Gasteiger partial charge in [-0.25, -0.2) is 9.18 Å². The molecule has 0 bridgehead atoms. The first-order valence-corrected chi connectivity index (χ1v) is 5.20. The van der Waals surface area contributed by atoms with Crippen LogP contribution in [0.25, 0.3) is 0 Å². The number of alkyl halides is 1. The van der Waals surface area contributed by atoms with E-state index in [4.69, 9.17) is 4.74 Å². The van der Waals surface area contributed by atoms with Gasteiger partial charge >= 0.3 is 6.09 Å². The minimum atomic E-state index is -0.535. The van der Waals surface area contributed by atoms with E-state index in [1.165, 1.54) is 4.90 Å². The Morgan fingerprint density at radius 2 is 2.27 bits per heavy atom. The summed E-state index contributed by atoms with van der Waals surface area (Å²) in [4.78, 5) is 13.2. The Bertz CT molecular complexity index is 228. The van der Waals surface area contributed by atoms with E-state index in [2.05, 4.69) is 5.32 Å².